The lowest BCUT2D eigenvalue weighted by Gasteiger charge is -2.26. The molecule has 1 saturated heterocycles. The van der Waals surface area contributed by atoms with Gasteiger partial charge in [0.15, 0.2) is 5.69 Å². The lowest BCUT2D eigenvalue weighted by Crippen LogP contribution is -2.36. The molecule has 0 bridgehead atoms. The second-order valence-electron chi connectivity index (χ2n) is 7.29. The number of fused-ring (bicyclic) bond motifs is 1. The highest BCUT2D eigenvalue weighted by atomic mass is 15.9. The van der Waals surface area contributed by atoms with Gasteiger partial charge in [-0.2, -0.15) is 4.59 Å². The normalized spacial score (nSPS) is 29.3. The number of nitrogens with zero attached hydrogens (tertiary/aromatic N) is 2. The predicted molar refractivity (Wildman–Crippen MR) is 94.9 cm³/mol. The lowest BCUT2D eigenvalue weighted by atomic mass is 9.89. The van der Waals surface area contributed by atoms with Crippen LogP contribution in [0.15, 0.2) is 29.5 Å². The van der Waals surface area contributed by atoms with E-state index in [-0.39, 0.29) is 5.66 Å². The number of hydrogen-bond donors (Lipinski definition) is 1. The molecule has 1 aromatic rings. The number of quaternary nitrogens is 1. The zero-order valence-corrected chi connectivity index (χ0v) is 14.6. The standard InChI is InChI=1S/C19H28N3/c1-7-19-12-20-8-9-22(19,21-19)18-16(13(2)3)10-15(6)11-17(18)14(4)5/h8-14,21H,7H2,1-6H3/q+1. The molecule has 118 valence electrons. The minimum atomic E-state index is -0.0582. The highest BCUT2D eigenvalue weighted by Gasteiger charge is 2.71. The molecule has 2 atom stereocenters. The van der Waals surface area contributed by atoms with E-state index in [1.54, 1.807) is 0 Å². The Balaban J connectivity index is 2.27. The molecule has 3 nitrogen and oxygen atoms in total. The van der Waals surface area contributed by atoms with Gasteiger partial charge in [-0.1, -0.05) is 45.6 Å². The van der Waals surface area contributed by atoms with Crippen LogP contribution in [0.2, 0.25) is 0 Å². The summed E-state index contributed by atoms with van der Waals surface area (Å²) in [4.78, 5) is 4.40. The summed E-state index contributed by atoms with van der Waals surface area (Å²) in [6, 6.07) is 4.72. The van der Waals surface area contributed by atoms with Crippen LogP contribution in [0.1, 0.15) is 69.6 Å². The predicted octanol–water partition coefficient (Wildman–Crippen LogP) is 4.73. The summed E-state index contributed by atoms with van der Waals surface area (Å²) in [6.45, 7) is 13.6. The van der Waals surface area contributed by atoms with Crippen LogP contribution in [0.25, 0.3) is 0 Å². The highest BCUT2D eigenvalue weighted by molar-refractivity contribution is 5.84. The van der Waals surface area contributed by atoms with E-state index in [0.717, 1.165) is 11.0 Å². The quantitative estimate of drug-likeness (QED) is 0.633. The topological polar surface area (TPSA) is 34.3 Å². The van der Waals surface area contributed by atoms with Crippen molar-refractivity contribution in [2.75, 3.05) is 0 Å². The first-order valence-electron chi connectivity index (χ1n) is 8.42. The fourth-order valence-corrected chi connectivity index (χ4v) is 3.75. The van der Waals surface area contributed by atoms with E-state index < -0.39 is 0 Å². The molecule has 2 heterocycles. The molecule has 0 aliphatic carbocycles. The Labute approximate surface area is 134 Å². The van der Waals surface area contributed by atoms with Crippen molar-refractivity contribution >= 4 is 11.9 Å². The van der Waals surface area contributed by atoms with Crippen molar-refractivity contribution in [2.24, 2.45) is 4.99 Å². The molecule has 0 spiro atoms. The largest absolute Gasteiger partial charge is 0.258 e. The maximum Gasteiger partial charge on any atom is 0.258 e. The van der Waals surface area contributed by atoms with Crippen LogP contribution in [0.4, 0.5) is 5.69 Å². The fourth-order valence-electron chi connectivity index (χ4n) is 3.75. The smallest absolute Gasteiger partial charge is 0.255 e. The summed E-state index contributed by atoms with van der Waals surface area (Å²) in [5.41, 5.74) is 9.36. The molecule has 2 aliphatic rings. The van der Waals surface area contributed by atoms with Crippen LogP contribution >= 0.6 is 0 Å². The molecule has 2 aliphatic heterocycles. The number of aliphatic imine (C=N–C) groups is 1. The summed E-state index contributed by atoms with van der Waals surface area (Å²) in [6.07, 6.45) is 7.26. The average Bonchev–Trinajstić information content (AvgIpc) is 3.16. The molecule has 0 aromatic heterocycles. The van der Waals surface area contributed by atoms with E-state index in [1.807, 2.05) is 6.20 Å². The third kappa shape index (κ3) is 1.99. The van der Waals surface area contributed by atoms with E-state index in [2.05, 4.69) is 76.5 Å². The van der Waals surface area contributed by atoms with Gasteiger partial charge in [-0.25, -0.2) is 0 Å². The lowest BCUT2D eigenvalue weighted by molar-refractivity contribution is 0.547. The Kier molecular flexibility index (Phi) is 3.54. The molecular formula is C19H28N3+. The molecule has 22 heavy (non-hydrogen) atoms. The van der Waals surface area contributed by atoms with E-state index in [1.165, 1.54) is 22.4 Å². The maximum atomic E-state index is 4.40. The van der Waals surface area contributed by atoms with Gasteiger partial charge in [0.05, 0.1) is 12.4 Å². The Bertz CT molecular complexity index is 628. The van der Waals surface area contributed by atoms with Crippen LogP contribution in [-0.4, -0.2) is 11.9 Å². The second-order valence-corrected chi connectivity index (χ2v) is 7.29. The van der Waals surface area contributed by atoms with Crippen molar-refractivity contribution in [3.63, 3.8) is 0 Å². The van der Waals surface area contributed by atoms with Crippen LogP contribution in [0.3, 0.4) is 0 Å². The molecule has 1 aromatic carbocycles. The Morgan fingerprint density at radius 1 is 1.14 bits per heavy atom. The van der Waals surface area contributed by atoms with Crippen LogP contribution < -0.4 is 10.0 Å². The summed E-state index contributed by atoms with van der Waals surface area (Å²) < 4.78 is 0.730. The number of nitrogens with one attached hydrogen (secondary N) is 1. The van der Waals surface area contributed by atoms with Gasteiger partial charge in [0.2, 0.25) is 0 Å². The van der Waals surface area contributed by atoms with Gasteiger partial charge in [-0.3, -0.25) is 4.99 Å². The van der Waals surface area contributed by atoms with Crippen molar-refractivity contribution in [3.05, 3.63) is 41.2 Å². The van der Waals surface area contributed by atoms with Gasteiger partial charge in [0.25, 0.3) is 5.66 Å². The van der Waals surface area contributed by atoms with E-state index in [4.69, 9.17) is 0 Å². The first kappa shape index (κ1) is 15.4. The van der Waals surface area contributed by atoms with Gasteiger partial charge in [-0.15, -0.1) is 0 Å². The van der Waals surface area contributed by atoms with Crippen molar-refractivity contribution in [1.82, 2.24) is 10.0 Å². The third-order valence-electron chi connectivity index (χ3n) is 5.06. The minimum Gasteiger partial charge on any atom is -0.255 e. The summed E-state index contributed by atoms with van der Waals surface area (Å²) in [5.74, 6) is 1.01. The first-order valence-corrected chi connectivity index (χ1v) is 8.42. The average molecular weight is 298 g/mol. The third-order valence-corrected chi connectivity index (χ3v) is 5.06. The highest BCUT2D eigenvalue weighted by Crippen LogP contribution is 2.51. The number of benzene rings is 1. The van der Waals surface area contributed by atoms with Crippen molar-refractivity contribution in [1.29, 1.82) is 0 Å². The van der Waals surface area contributed by atoms with E-state index >= 15 is 0 Å². The summed E-state index contributed by atoms with van der Waals surface area (Å²) >= 11 is 0. The first-order chi connectivity index (χ1) is 10.4. The summed E-state index contributed by atoms with van der Waals surface area (Å²) in [7, 11) is 0. The Morgan fingerprint density at radius 2 is 1.73 bits per heavy atom. The zero-order valence-electron chi connectivity index (χ0n) is 14.6. The van der Waals surface area contributed by atoms with Crippen molar-refractivity contribution < 1.29 is 0 Å². The number of hydrogen-bond acceptors (Lipinski definition) is 2. The molecule has 1 N–H and O–H groups in total. The number of aryl methyl sites for hydroxylation is 1. The van der Waals surface area contributed by atoms with Crippen LogP contribution in [0, 0.1) is 6.92 Å². The second kappa shape index (κ2) is 5.04. The van der Waals surface area contributed by atoms with Crippen LogP contribution in [-0.2, 0) is 0 Å². The molecule has 0 amide bonds. The Morgan fingerprint density at radius 3 is 2.23 bits per heavy atom. The monoisotopic (exact) mass is 298 g/mol. The molecule has 3 rings (SSSR count). The van der Waals surface area contributed by atoms with Gasteiger partial charge >= 0.3 is 0 Å². The molecule has 2 unspecified atom stereocenters. The summed E-state index contributed by atoms with van der Waals surface area (Å²) in [5, 5.41) is 0. The SMILES string of the molecule is CCC12C=NC=C[N+]1(c1c(C(C)C)cc(C)cc1C(C)C)N2. The van der Waals surface area contributed by atoms with Gasteiger partial charge < -0.3 is 0 Å². The molecule has 0 saturated carbocycles. The molecule has 1 fully saturated rings. The number of rotatable bonds is 4. The zero-order chi connectivity index (χ0) is 16.1. The molecule has 0 radical (unpaired) electrons. The van der Waals surface area contributed by atoms with Gasteiger partial charge in [0.1, 0.15) is 6.20 Å². The molecule has 3 heteroatoms. The van der Waals surface area contributed by atoms with Gasteiger partial charge in [0, 0.05) is 17.5 Å². The maximum absolute atomic E-state index is 4.40. The van der Waals surface area contributed by atoms with Gasteiger partial charge in [-0.05, 0) is 30.9 Å². The van der Waals surface area contributed by atoms with Crippen molar-refractivity contribution in [3.8, 4) is 0 Å². The minimum absolute atomic E-state index is 0.0582. The Hall–Kier alpha value is -1.45. The van der Waals surface area contributed by atoms with E-state index in [0.29, 0.717) is 11.8 Å². The van der Waals surface area contributed by atoms with Crippen molar-refractivity contribution in [2.45, 2.75) is 65.5 Å². The molecular weight excluding hydrogens is 270 g/mol. The van der Waals surface area contributed by atoms with Crippen LogP contribution in [0.5, 0.6) is 0 Å². The van der Waals surface area contributed by atoms with E-state index in [9.17, 15) is 0 Å². The fraction of sp³-hybridized carbons (Fsp3) is 0.526.